The Morgan fingerprint density at radius 3 is 1.95 bits per heavy atom. The predicted molar refractivity (Wildman–Crippen MR) is 94.5 cm³/mol. The highest BCUT2D eigenvalue weighted by atomic mass is 28.4. The highest BCUT2D eigenvalue weighted by molar-refractivity contribution is 6.78. The molecular formula is C17H29NO3Si. The maximum atomic E-state index is 10.8. The Balaban J connectivity index is 3.15. The van der Waals surface area contributed by atoms with Crippen LogP contribution in [0.25, 0.3) is 0 Å². The minimum absolute atomic E-state index is 0.504. The van der Waals surface area contributed by atoms with Crippen molar-refractivity contribution in [3.63, 3.8) is 0 Å². The van der Waals surface area contributed by atoms with Gasteiger partial charge in [0.2, 0.25) is 0 Å². The molecule has 4 nitrogen and oxygen atoms in total. The zero-order valence-corrected chi connectivity index (χ0v) is 15.7. The van der Waals surface area contributed by atoms with Crippen molar-refractivity contribution in [1.82, 2.24) is 0 Å². The van der Waals surface area contributed by atoms with Gasteiger partial charge in [0.1, 0.15) is 5.75 Å². The Morgan fingerprint density at radius 2 is 1.59 bits per heavy atom. The van der Waals surface area contributed by atoms with E-state index in [-0.39, 0.29) is 0 Å². The van der Waals surface area contributed by atoms with Crippen LogP contribution in [-0.2, 0) is 0 Å². The van der Waals surface area contributed by atoms with E-state index in [4.69, 9.17) is 9.53 Å². The van der Waals surface area contributed by atoms with Crippen molar-refractivity contribution in [2.75, 3.05) is 5.32 Å². The molecule has 0 spiro atoms. The number of rotatable bonds is 6. The molecule has 0 fully saturated rings. The van der Waals surface area contributed by atoms with Crippen molar-refractivity contribution >= 4 is 20.1 Å². The van der Waals surface area contributed by atoms with Crippen molar-refractivity contribution in [1.29, 1.82) is 0 Å². The average molecular weight is 324 g/mol. The summed E-state index contributed by atoms with van der Waals surface area (Å²) < 4.78 is 6.59. The lowest BCUT2D eigenvalue weighted by molar-refractivity contribution is 0.209. The molecule has 5 heteroatoms. The fourth-order valence-electron chi connectivity index (χ4n) is 3.51. The highest BCUT2D eigenvalue weighted by Crippen LogP contribution is 2.43. The molecule has 0 unspecified atom stereocenters. The van der Waals surface area contributed by atoms with Crippen LogP contribution in [0.15, 0.2) is 18.2 Å². The number of benzene rings is 1. The molecule has 0 radical (unpaired) electrons. The Labute approximate surface area is 135 Å². The number of anilines is 1. The normalized spacial score (nSPS) is 12.1. The SMILES string of the molecule is Cc1cc(O[Si](C(C)C)(C(C)C)C(C)C)ccc1NC(=O)O. The molecule has 0 bridgehead atoms. The molecule has 124 valence electrons. The van der Waals surface area contributed by atoms with Crippen LogP contribution < -0.4 is 9.74 Å². The van der Waals surface area contributed by atoms with Crippen LogP contribution in [-0.4, -0.2) is 19.5 Å². The number of hydrogen-bond donors (Lipinski definition) is 2. The zero-order valence-electron chi connectivity index (χ0n) is 14.7. The third-order valence-electron chi connectivity index (χ3n) is 4.44. The van der Waals surface area contributed by atoms with Gasteiger partial charge in [-0.25, -0.2) is 4.79 Å². The Kier molecular flexibility index (Phi) is 6.05. The Morgan fingerprint density at radius 1 is 1.09 bits per heavy atom. The molecule has 2 N–H and O–H groups in total. The van der Waals surface area contributed by atoms with Gasteiger partial charge in [-0.1, -0.05) is 41.5 Å². The minimum Gasteiger partial charge on any atom is -0.543 e. The zero-order chi connectivity index (χ0) is 17.1. The Hall–Kier alpha value is -1.49. The first-order chi connectivity index (χ1) is 10.1. The van der Waals surface area contributed by atoms with E-state index in [2.05, 4.69) is 46.9 Å². The fourth-order valence-corrected chi connectivity index (χ4v) is 8.76. The first kappa shape index (κ1) is 18.6. The molecule has 0 saturated carbocycles. The molecule has 0 aliphatic carbocycles. The smallest absolute Gasteiger partial charge is 0.409 e. The molecular weight excluding hydrogens is 294 g/mol. The predicted octanol–water partition coefficient (Wildman–Crippen LogP) is 5.64. The monoisotopic (exact) mass is 323 g/mol. The van der Waals surface area contributed by atoms with Crippen LogP contribution in [0.3, 0.4) is 0 Å². The van der Waals surface area contributed by atoms with E-state index in [1.54, 1.807) is 6.07 Å². The molecule has 1 rings (SSSR count). The van der Waals surface area contributed by atoms with Gasteiger partial charge in [-0.2, -0.15) is 0 Å². The summed E-state index contributed by atoms with van der Waals surface area (Å²) in [5.41, 5.74) is 2.99. The van der Waals surface area contributed by atoms with E-state index in [9.17, 15) is 4.79 Å². The van der Waals surface area contributed by atoms with Gasteiger partial charge in [-0.15, -0.1) is 0 Å². The summed E-state index contributed by atoms with van der Waals surface area (Å²) in [5, 5.41) is 11.2. The van der Waals surface area contributed by atoms with Gasteiger partial charge >= 0.3 is 6.09 Å². The third kappa shape index (κ3) is 3.83. The molecule has 0 saturated heterocycles. The second kappa shape index (κ2) is 7.18. The highest BCUT2D eigenvalue weighted by Gasteiger charge is 2.46. The number of carbonyl (C=O) groups is 1. The van der Waals surface area contributed by atoms with Crippen molar-refractivity contribution in [2.24, 2.45) is 0 Å². The number of aryl methyl sites for hydroxylation is 1. The molecule has 0 atom stereocenters. The van der Waals surface area contributed by atoms with Crippen molar-refractivity contribution in [2.45, 2.75) is 65.1 Å². The molecule has 0 aliphatic rings. The first-order valence-corrected chi connectivity index (χ1v) is 10.0. The van der Waals surface area contributed by atoms with Gasteiger partial charge in [0.15, 0.2) is 0 Å². The van der Waals surface area contributed by atoms with E-state index in [0.717, 1.165) is 11.3 Å². The maximum Gasteiger partial charge on any atom is 0.409 e. The van der Waals surface area contributed by atoms with E-state index >= 15 is 0 Å². The molecule has 1 aromatic carbocycles. The van der Waals surface area contributed by atoms with Gasteiger partial charge in [0.25, 0.3) is 8.32 Å². The summed E-state index contributed by atoms with van der Waals surface area (Å²) >= 11 is 0. The van der Waals surface area contributed by atoms with Crippen molar-refractivity contribution in [3.8, 4) is 5.75 Å². The first-order valence-electron chi connectivity index (χ1n) is 7.90. The number of amides is 1. The molecule has 1 amide bonds. The van der Waals surface area contributed by atoms with Gasteiger partial charge in [0, 0.05) is 5.69 Å². The Bertz CT molecular complexity index is 505. The maximum absolute atomic E-state index is 10.8. The standard InChI is InChI=1S/C17H29NO3Si/c1-11(2)22(12(3)4,13(5)6)21-15-8-9-16(14(7)10-15)18-17(19)20/h8-13,18H,1-7H3,(H,19,20). The van der Waals surface area contributed by atoms with E-state index in [0.29, 0.717) is 22.3 Å². The van der Waals surface area contributed by atoms with Crippen LogP contribution in [0, 0.1) is 6.92 Å². The summed E-state index contributed by atoms with van der Waals surface area (Å²) in [7, 11) is -1.98. The van der Waals surface area contributed by atoms with Crippen molar-refractivity contribution < 1.29 is 14.3 Å². The van der Waals surface area contributed by atoms with Crippen molar-refractivity contribution in [3.05, 3.63) is 23.8 Å². The molecule has 22 heavy (non-hydrogen) atoms. The van der Waals surface area contributed by atoms with E-state index in [1.165, 1.54) is 0 Å². The molecule has 0 heterocycles. The fraction of sp³-hybridized carbons (Fsp3) is 0.588. The molecule has 0 aromatic heterocycles. The average Bonchev–Trinajstić information content (AvgIpc) is 2.37. The summed E-state index contributed by atoms with van der Waals surface area (Å²) in [6, 6.07) is 5.58. The van der Waals surface area contributed by atoms with Crippen LogP contribution in [0.2, 0.25) is 16.6 Å². The summed E-state index contributed by atoms with van der Waals surface area (Å²) in [5.74, 6) is 0.844. The summed E-state index contributed by atoms with van der Waals surface area (Å²) in [6.07, 6.45) is -1.05. The van der Waals surface area contributed by atoms with E-state index in [1.807, 2.05) is 19.1 Å². The number of nitrogens with one attached hydrogen (secondary N) is 1. The molecule has 1 aromatic rings. The topological polar surface area (TPSA) is 58.6 Å². The summed E-state index contributed by atoms with van der Waals surface area (Å²) in [4.78, 5) is 10.8. The van der Waals surface area contributed by atoms with Gasteiger partial charge < -0.3 is 9.53 Å². The van der Waals surface area contributed by atoms with Crippen LogP contribution in [0.1, 0.15) is 47.1 Å². The quantitative estimate of drug-likeness (QED) is 0.666. The minimum atomic E-state index is -1.98. The number of carboxylic acid groups (broad SMARTS) is 1. The lowest BCUT2D eigenvalue weighted by Gasteiger charge is -2.42. The van der Waals surface area contributed by atoms with Crippen LogP contribution in [0.5, 0.6) is 5.75 Å². The second-order valence-electron chi connectivity index (χ2n) is 6.83. The van der Waals surface area contributed by atoms with E-state index < -0.39 is 14.4 Å². The van der Waals surface area contributed by atoms with Gasteiger partial charge in [0.05, 0.1) is 0 Å². The van der Waals surface area contributed by atoms with Gasteiger partial charge in [-0.3, -0.25) is 5.32 Å². The van der Waals surface area contributed by atoms with Gasteiger partial charge in [-0.05, 0) is 47.3 Å². The largest absolute Gasteiger partial charge is 0.543 e. The van der Waals surface area contributed by atoms with Crippen LogP contribution in [0.4, 0.5) is 10.5 Å². The second-order valence-corrected chi connectivity index (χ2v) is 12.2. The van der Waals surface area contributed by atoms with Crippen LogP contribution >= 0.6 is 0 Å². The third-order valence-corrected chi connectivity index (χ3v) is 10.4. The summed E-state index contributed by atoms with van der Waals surface area (Å²) in [6.45, 7) is 15.4. The lowest BCUT2D eigenvalue weighted by atomic mass is 10.2. The number of hydrogen-bond acceptors (Lipinski definition) is 2. The molecule has 0 aliphatic heterocycles. The lowest BCUT2D eigenvalue weighted by Crippen LogP contribution is -2.50.